The van der Waals surface area contributed by atoms with Gasteiger partial charge in [-0.2, -0.15) is 13.1 Å². The van der Waals surface area contributed by atoms with Crippen LogP contribution < -0.4 is 9.44 Å². The molecule has 3 N–H and O–H groups in total. The third-order valence-corrected chi connectivity index (χ3v) is 3.90. The number of nitrogens with one attached hydrogen (secondary N) is 2. The normalized spacial score (nSPS) is 19.2. The molecule has 0 aromatic carbocycles. The molecule has 0 radical (unpaired) electrons. The zero-order valence-corrected chi connectivity index (χ0v) is 12.1. The van der Waals surface area contributed by atoms with Crippen molar-refractivity contribution >= 4 is 16.3 Å². The van der Waals surface area contributed by atoms with Crippen molar-refractivity contribution in [1.82, 2.24) is 9.44 Å². The monoisotopic (exact) mass is 294 g/mol. The average Bonchev–Trinajstić information content (AvgIpc) is 2.26. The van der Waals surface area contributed by atoms with Crippen LogP contribution in [0.3, 0.4) is 0 Å². The second-order valence-corrected chi connectivity index (χ2v) is 6.67. The van der Waals surface area contributed by atoms with Gasteiger partial charge in [-0.1, -0.05) is 19.3 Å². The minimum Gasteiger partial charge on any atom is -0.446 e. The number of carbonyl (C=O) groups excluding carboxylic acids is 1. The first kappa shape index (κ1) is 16.2. The molecule has 112 valence electrons. The highest BCUT2D eigenvalue weighted by Crippen LogP contribution is 2.27. The van der Waals surface area contributed by atoms with E-state index in [4.69, 9.17) is 0 Å². The number of amides is 1. The van der Waals surface area contributed by atoms with Crippen LogP contribution in [0.15, 0.2) is 0 Å². The summed E-state index contributed by atoms with van der Waals surface area (Å²) in [5.41, 5.74) is -1.02. The van der Waals surface area contributed by atoms with Crippen molar-refractivity contribution in [2.75, 3.05) is 6.54 Å². The van der Waals surface area contributed by atoms with Gasteiger partial charge in [0.2, 0.25) is 0 Å². The fourth-order valence-electron chi connectivity index (χ4n) is 2.00. The summed E-state index contributed by atoms with van der Waals surface area (Å²) in [5, 5.41) is 10.1. The molecule has 19 heavy (non-hydrogen) atoms. The molecule has 0 aromatic rings. The molecule has 0 unspecified atom stereocenters. The van der Waals surface area contributed by atoms with Crippen LogP contribution in [0.25, 0.3) is 0 Å². The molecule has 1 aliphatic carbocycles. The van der Waals surface area contributed by atoms with Gasteiger partial charge in [-0.3, -0.25) is 0 Å². The van der Waals surface area contributed by atoms with Gasteiger partial charge in [0.25, 0.3) is 0 Å². The van der Waals surface area contributed by atoms with Crippen LogP contribution in [-0.2, 0) is 14.9 Å². The first-order valence-electron chi connectivity index (χ1n) is 6.43. The van der Waals surface area contributed by atoms with Crippen molar-refractivity contribution in [2.45, 2.75) is 57.7 Å². The van der Waals surface area contributed by atoms with Crippen LogP contribution in [0.1, 0.15) is 46.0 Å². The van der Waals surface area contributed by atoms with Gasteiger partial charge in [0.1, 0.15) is 0 Å². The molecule has 1 saturated carbocycles. The van der Waals surface area contributed by atoms with Crippen molar-refractivity contribution in [2.24, 2.45) is 0 Å². The molecule has 0 spiro atoms. The van der Waals surface area contributed by atoms with Gasteiger partial charge in [0.15, 0.2) is 0 Å². The Morgan fingerprint density at radius 2 is 1.89 bits per heavy atom. The second kappa shape index (κ2) is 6.53. The summed E-state index contributed by atoms with van der Waals surface area (Å²) in [6, 6.07) is 0. The standard InChI is InChI=1S/C11H22N2O5S/c1-9(2)18-10(14)13-19(16,17)12-8-11(15)6-4-3-5-7-11/h9,12,15H,3-8H2,1-2H3,(H,13,14). The molecule has 0 aromatic heterocycles. The molecule has 7 nitrogen and oxygen atoms in total. The van der Waals surface area contributed by atoms with E-state index in [2.05, 4.69) is 9.46 Å². The Labute approximate surface area is 113 Å². The van der Waals surface area contributed by atoms with Crippen LogP contribution in [-0.4, -0.2) is 37.9 Å². The Morgan fingerprint density at radius 3 is 2.42 bits per heavy atom. The molecule has 0 aliphatic heterocycles. The molecule has 1 aliphatic rings. The predicted octanol–water partition coefficient (Wildman–Crippen LogP) is 0.651. The Morgan fingerprint density at radius 1 is 1.32 bits per heavy atom. The number of ether oxygens (including phenoxy) is 1. The third kappa shape index (κ3) is 6.22. The highest BCUT2D eigenvalue weighted by Gasteiger charge is 2.31. The lowest BCUT2D eigenvalue weighted by molar-refractivity contribution is 0.00935. The van der Waals surface area contributed by atoms with Gasteiger partial charge in [0.05, 0.1) is 11.7 Å². The maximum Gasteiger partial charge on any atom is 0.422 e. The predicted molar refractivity (Wildman–Crippen MR) is 69.7 cm³/mol. The van der Waals surface area contributed by atoms with E-state index in [9.17, 15) is 18.3 Å². The van der Waals surface area contributed by atoms with Crippen molar-refractivity contribution in [3.05, 3.63) is 0 Å². The number of hydrogen-bond acceptors (Lipinski definition) is 5. The topological polar surface area (TPSA) is 105 Å². The van der Waals surface area contributed by atoms with E-state index >= 15 is 0 Å². The molecule has 0 atom stereocenters. The summed E-state index contributed by atoms with van der Waals surface area (Å²) in [7, 11) is -4.00. The molecule has 0 saturated heterocycles. The fourth-order valence-corrected chi connectivity index (χ4v) is 2.80. The lowest BCUT2D eigenvalue weighted by Crippen LogP contribution is -2.49. The van der Waals surface area contributed by atoms with Crippen molar-refractivity contribution in [1.29, 1.82) is 0 Å². The van der Waals surface area contributed by atoms with E-state index in [-0.39, 0.29) is 6.54 Å². The van der Waals surface area contributed by atoms with Gasteiger partial charge in [-0.25, -0.2) is 9.52 Å². The van der Waals surface area contributed by atoms with Gasteiger partial charge < -0.3 is 9.84 Å². The molecule has 1 amide bonds. The lowest BCUT2D eigenvalue weighted by atomic mass is 9.85. The van der Waals surface area contributed by atoms with Gasteiger partial charge >= 0.3 is 16.3 Å². The summed E-state index contributed by atoms with van der Waals surface area (Å²) in [6.45, 7) is 3.13. The molecule has 8 heteroatoms. The van der Waals surface area contributed by atoms with E-state index in [1.54, 1.807) is 18.6 Å². The number of rotatable bonds is 5. The van der Waals surface area contributed by atoms with Gasteiger partial charge in [0, 0.05) is 6.54 Å². The number of hydrogen-bond donors (Lipinski definition) is 3. The molecule has 0 heterocycles. The van der Waals surface area contributed by atoms with Gasteiger partial charge in [-0.05, 0) is 26.7 Å². The van der Waals surface area contributed by atoms with E-state index in [1.807, 2.05) is 0 Å². The van der Waals surface area contributed by atoms with E-state index in [0.717, 1.165) is 19.3 Å². The first-order valence-corrected chi connectivity index (χ1v) is 7.91. The average molecular weight is 294 g/mol. The summed E-state index contributed by atoms with van der Waals surface area (Å²) in [6.07, 6.45) is 2.49. The van der Waals surface area contributed by atoms with E-state index < -0.39 is 28.0 Å². The second-order valence-electron chi connectivity index (χ2n) is 5.17. The Bertz CT molecular complexity index is 401. The van der Waals surface area contributed by atoms with Crippen molar-refractivity contribution < 1.29 is 23.1 Å². The summed E-state index contributed by atoms with van der Waals surface area (Å²) < 4.78 is 31.7. The third-order valence-electron chi connectivity index (χ3n) is 2.94. The van der Waals surface area contributed by atoms with Crippen molar-refractivity contribution in [3.8, 4) is 0 Å². The molecular formula is C11H22N2O5S. The quantitative estimate of drug-likeness (QED) is 0.690. The smallest absolute Gasteiger partial charge is 0.422 e. The SMILES string of the molecule is CC(C)OC(=O)NS(=O)(=O)NCC1(O)CCCCC1. The Balaban J connectivity index is 2.44. The minimum absolute atomic E-state index is 0.0999. The van der Waals surface area contributed by atoms with Crippen LogP contribution in [0, 0.1) is 0 Å². The van der Waals surface area contributed by atoms with E-state index in [0.29, 0.717) is 12.8 Å². The van der Waals surface area contributed by atoms with E-state index in [1.165, 1.54) is 0 Å². The summed E-state index contributed by atoms with van der Waals surface area (Å²) >= 11 is 0. The molecule has 1 rings (SSSR count). The fraction of sp³-hybridized carbons (Fsp3) is 0.909. The van der Waals surface area contributed by atoms with Crippen LogP contribution in [0.2, 0.25) is 0 Å². The van der Waals surface area contributed by atoms with Crippen molar-refractivity contribution in [3.63, 3.8) is 0 Å². The summed E-state index contributed by atoms with van der Waals surface area (Å²) in [5.74, 6) is 0. The maximum absolute atomic E-state index is 11.6. The molecule has 0 bridgehead atoms. The van der Waals surface area contributed by atoms with Crippen LogP contribution in [0.5, 0.6) is 0 Å². The maximum atomic E-state index is 11.6. The minimum atomic E-state index is -4.00. The highest BCUT2D eigenvalue weighted by molar-refractivity contribution is 7.88. The zero-order chi connectivity index (χ0) is 14.5. The van der Waals surface area contributed by atoms with Crippen LogP contribution in [0.4, 0.5) is 4.79 Å². The highest BCUT2D eigenvalue weighted by atomic mass is 32.2. The summed E-state index contributed by atoms with van der Waals surface area (Å²) in [4.78, 5) is 11.2. The molecule has 1 fully saturated rings. The molecular weight excluding hydrogens is 272 g/mol. The number of aliphatic hydroxyl groups is 1. The van der Waals surface area contributed by atoms with Crippen LogP contribution >= 0.6 is 0 Å². The lowest BCUT2D eigenvalue weighted by Gasteiger charge is -2.31. The van der Waals surface area contributed by atoms with Gasteiger partial charge in [-0.15, -0.1) is 0 Å². The largest absolute Gasteiger partial charge is 0.446 e. The first-order chi connectivity index (χ1) is 8.72. The number of carbonyl (C=O) groups is 1. The Hall–Kier alpha value is -0.860. The Kier molecular flexibility index (Phi) is 5.57. The zero-order valence-electron chi connectivity index (χ0n) is 11.3.